The second-order valence-electron chi connectivity index (χ2n) is 3.80. The Hall–Kier alpha value is -1.54. The van der Waals surface area contributed by atoms with Gasteiger partial charge in [-0.3, -0.25) is 4.79 Å². The summed E-state index contributed by atoms with van der Waals surface area (Å²) in [4.78, 5) is 11.6. The highest BCUT2D eigenvalue weighted by Gasteiger charge is 1.98. The average Bonchev–Trinajstić information content (AvgIpc) is 2.25. The normalized spacial score (nSPS) is 10.4. The van der Waals surface area contributed by atoms with E-state index in [4.69, 9.17) is 11.6 Å². The van der Waals surface area contributed by atoms with Gasteiger partial charge >= 0.3 is 0 Å². The first kappa shape index (κ1) is 11.0. The SMILES string of the molecule is Cc1ccn(Cc2ccc(Cl)cc2)c(=O)c1. The van der Waals surface area contributed by atoms with Crippen molar-refractivity contribution in [1.82, 2.24) is 4.57 Å². The van der Waals surface area contributed by atoms with Gasteiger partial charge in [0, 0.05) is 17.3 Å². The molecule has 2 nitrogen and oxygen atoms in total. The number of hydrogen-bond acceptors (Lipinski definition) is 1. The third kappa shape index (κ3) is 2.52. The molecule has 0 saturated heterocycles. The maximum atomic E-state index is 11.6. The predicted octanol–water partition coefficient (Wildman–Crippen LogP) is 2.86. The lowest BCUT2D eigenvalue weighted by Gasteiger charge is -2.05. The fourth-order valence-corrected chi connectivity index (χ4v) is 1.65. The van der Waals surface area contributed by atoms with Gasteiger partial charge < -0.3 is 4.57 Å². The molecule has 2 aromatic rings. The Bertz CT molecular complexity index is 543. The van der Waals surface area contributed by atoms with Crippen LogP contribution >= 0.6 is 11.6 Å². The first-order valence-corrected chi connectivity index (χ1v) is 5.44. The lowest BCUT2D eigenvalue weighted by atomic mass is 10.2. The van der Waals surface area contributed by atoms with Gasteiger partial charge in [-0.15, -0.1) is 0 Å². The van der Waals surface area contributed by atoms with E-state index in [2.05, 4.69) is 0 Å². The van der Waals surface area contributed by atoms with Crippen LogP contribution in [0.1, 0.15) is 11.1 Å². The van der Waals surface area contributed by atoms with Crippen LogP contribution in [0.4, 0.5) is 0 Å². The van der Waals surface area contributed by atoms with Crippen molar-refractivity contribution in [1.29, 1.82) is 0 Å². The minimum Gasteiger partial charge on any atom is -0.311 e. The molecule has 0 saturated carbocycles. The highest BCUT2D eigenvalue weighted by Crippen LogP contribution is 2.10. The molecule has 0 bridgehead atoms. The molecule has 0 fully saturated rings. The molecule has 1 aromatic carbocycles. The van der Waals surface area contributed by atoms with Gasteiger partial charge in [0.05, 0.1) is 6.54 Å². The van der Waals surface area contributed by atoms with Crippen LogP contribution in [0.2, 0.25) is 5.02 Å². The minimum atomic E-state index is 0.0231. The smallest absolute Gasteiger partial charge is 0.251 e. The van der Waals surface area contributed by atoms with Gasteiger partial charge in [-0.2, -0.15) is 0 Å². The standard InChI is InChI=1S/C13H12ClNO/c1-10-6-7-15(13(16)8-10)9-11-2-4-12(14)5-3-11/h2-8H,9H2,1H3. The number of aromatic nitrogens is 1. The minimum absolute atomic E-state index is 0.0231. The topological polar surface area (TPSA) is 22.0 Å². The van der Waals surface area contributed by atoms with Crippen LogP contribution in [0, 0.1) is 6.92 Å². The van der Waals surface area contributed by atoms with Crippen molar-refractivity contribution in [3.05, 3.63) is 69.1 Å². The summed E-state index contributed by atoms with van der Waals surface area (Å²) in [6.45, 7) is 2.49. The zero-order valence-corrected chi connectivity index (χ0v) is 9.74. The largest absolute Gasteiger partial charge is 0.311 e. The summed E-state index contributed by atoms with van der Waals surface area (Å²) in [5, 5.41) is 0.708. The molecule has 1 aromatic heterocycles. The van der Waals surface area contributed by atoms with E-state index >= 15 is 0 Å². The Morgan fingerprint density at radius 3 is 2.50 bits per heavy atom. The quantitative estimate of drug-likeness (QED) is 0.782. The van der Waals surface area contributed by atoms with E-state index in [1.165, 1.54) is 0 Å². The van der Waals surface area contributed by atoms with E-state index < -0.39 is 0 Å². The summed E-state index contributed by atoms with van der Waals surface area (Å²) < 4.78 is 1.68. The Morgan fingerprint density at radius 2 is 1.88 bits per heavy atom. The van der Waals surface area contributed by atoms with Gasteiger partial charge in [-0.25, -0.2) is 0 Å². The van der Waals surface area contributed by atoms with Crippen molar-refractivity contribution >= 4 is 11.6 Å². The van der Waals surface area contributed by atoms with E-state index in [-0.39, 0.29) is 5.56 Å². The maximum absolute atomic E-state index is 11.6. The van der Waals surface area contributed by atoms with Crippen molar-refractivity contribution < 1.29 is 0 Å². The Morgan fingerprint density at radius 1 is 1.19 bits per heavy atom. The Labute approximate surface area is 99.1 Å². The summed E-state index contributed by atoms with van der Waals surface area (Å²) in [6.07, 6.45) is 1.81. The Balaban J connectivity index is 2.27. The lowest BCUT2D eigenvalue weighted by Crippen LogP contribution is -2.19. The number of nitrogens with zero attached hydrogens (tertiary/aromatic N) is 1. The van der Waals surface area contributed by atoms with Gasteiger partial charge in [-0.1, -0.05) is 23.7 Å². The van der Waals surface area contributed by atoms with E-state index in [9.17, 15) is 4.79 Å². The number of benzene rings is 1. The summed E-state index contributed by atoms with van der Waals surface area (Å²) >= 11 is 5.80. The third-order valence-electron chi connectivity index (χ3n) is 2.42. The fraction of sp³-hybridized carbons (Fsp3) is 0.154. The van der Waals surface area contributed by atoms with Gasteiger partial charge in [0.25, 0.3) is 5.56 Å². The molecular weight excluding hydrogens is 222 g/mol. The lowest BCUT2D eigenvalue weighted by molar-refractivity contribution is 0.757. The van der Waals surface area contributed by atoms with Crippen LogP contribution in [0.5, 0.6) is 0 Å². The summed E-state index contributed by atoms with van der Waals surface area (Å²) in [5.41, 5.74) is 2.07. The molecule has 0 aliphatic carbocycles. The van der Waals surface area contributed by atoms with Crippen LogP contribution in [0.3, 0.4) is 0 Å². The predicted molar refractivity (Wildman–Crippen MR) is 66.0 cm³/mol. The molecule has 0 atom stereocenters. The van der Waals surface area contributed by atoms with Crippen LogP contribution in [0.15, 0.2) is 47.4 Å². The number of rotatable bonds is 2. The van der Waals surface area contributed by atoms with Crippen LogP contribution in [0.25, 0.3) is 0 Å². The van der Waals surface area contributed by atoms with E-state index in [0.29, 0.717) is 11.6 Å². The molecular formula is C13H12ClNO. The van der Waals surface area contributed by atoms with Crippen LogP contribution in [-0.2, 0) is 6.54 Å². The molecule has 2 rings (SSSR count). The number of pyridine rings is 1. The van der Waals surface area contributed by atoms with Gasteiger partial charge in [0.2, 0.25) is 0 Å². The molecule has 1 heterocycles. The van der Waals surface area contributed by atoms with E-state index in [1.54, 1.807) is 10.6 Å². The highest BCUT2D eigenvalue weighted by molar-refractivity contribution is 6.30. The fourth-order valence-electron chi connectivity index (χ4n) is 1.52. The van der Waals surface area contributed by atoms with Crippen molar-refractivity contribution in [3.8, 4) is 0 Å². The molecule has 0 unspecified atom stereocenters. The first-order valence-electron chi connectivity index (χ1n) is 5.07. The molecule has 0 radical (unpaired) electrons. The third-order valence-corrected chi connectivity index (χ3v) is 2.67. The molecule has 82 valence electrons. The van der Waals surface area contributed by atoms with E-state index in [1.807, 2.05) is 43.5 Å². The zero-order valence-electron chi connectivity index (χ0n) is 8.98. The van der Waals surface area contributed by atoms with Crippen molar-refractivity contribution in [2.24, 2.45) is 0 Å². The number of hydrogen-bond donors (Lipinski definition) is 0. The molecule has 3 heteroatoms. The van der Waals surface area contributed by atoms with Crippen LogP contribution in [-0.4, -0.2) is 4.57 Å². The zero-order chi connectivity index (χ0) is 11.5. The molecule has 0 aliphatic heterocycles. The summed E-state index contributed by atoms with van der Waals surface area (Å²) in [6, 6.07) is 11.1. The Kier molecular flexibility index (Phi) is 3.11. The molecule has 16 heavy (non-hydrogen) atoms. The van der Waals surface area contributed by atoms with Crippen molar-refractivity contribution in [2.45, 2.75) is 13.5 Å². The highest BCUT2D eigenvalue weighted by atomic mass is 35.5. The van der Waals surface area contributed by atoms with Crippen LogP contribution < -0.4 is 5.56 Å². The van der Waals surface area contributed by atoms with Gasteiger partial charge in [-0.05, 0) is 36.2 Å². The summed E-state index contributed by atoms with van der Waals surface area (Å²) in [5.74, 6) is 0. The number of halogens is 1. The molecule has 0 aliphatic rings. The average molecular weight is 234 g/mol. The second-order valence-corrected chi connectivity index (χ2v) is 4.23. The van der Waals surface area contributed by atoms with Gasteiger partial charge in [0.1, 0.15) is 0 Å². The van der Waals surface area contributed by atoms with E-state index in [0.717, 1.165) is 11.1 Å². The van der Waals surface area contributed by atoms with Crippen molar-refractivity contribution in [3.63, 3.8) is 0 Å². The van der Waals surface area contributed by atoms with Gasteiger partial charge in [0.15, 0.2) is 0 Å². The first-order chi connectivity index (χ1) is 7.65. The monoisotopic (exact) mass is 233 g/mol. The van der Waals surface area contributed by atoms with Crippen molar-refractivity contribution in [2.75, 3.05) is 0 Å². The maximum Gasteiger partial charge on any atom is 0.251 e. The second kappa shape index (κ2) is 4.54. The molecule has 0 N–H and O–H groups in total. The molecule has 0 amide bonds. The number of aryl methyl sites for hydroxylation is 1. The summed E-state index contributed by atoms with van der Waals surface area (Å²) in [7, 11) is 0. The molecule has 0 spiro atoms.